The topological polar surface area (TPSA) is 40.5 Å². The third kappa shape index (κ3) is 4.21. The van der Waals surface area contributed by atoms with Crippen molar-refractivity contribution in [3.05, 3.63) is 54.6 Å². The normalized spacial score (nSPS) is 12.2. The molecule has 0 aromatic heterocycles. The standard InChI is InChI=1S/C24H31O2PSi2/c1-28(2,3)20-14-8-11-17(23(20)25)16-10-7-13-19(27)22(16)18-12-9-15-21(24(18)26)29(4,5)6/h7-15,25-26H,27H2,1-6H3. The van der Waals surface area contributed by atoms with Crippen LogP contribution >= 0.6 is 9.24 Å². The van der Waals surface area contributed by atoms with Crippen molar-refractivity contribution in [3.8, 4) is 33.8 Å². The maximum Gasteiger partial charge on any atom is 0.122 e. The first-order valence-electron chi connectivity index (χ1n) is 9.97. The van der Waals surface area contributed by atoms with E-state index in [9.17, 15) is 10.2 Å². The van der Waals surface area contributed by atoms with E-state index in [0.29, 0.717) is 11.5 Å². The van der Waals surface area contributed by atoms with Crippen LogP contribution in [-0.4, -0.2) is 26.4 Å². The van der Waals surface area contributed by atoms with Crippen molar-refractivity contribution in [3.63, 3.8) is 0 Å². The molecular weight excluding hydrogens is 407 g/mol. The van der Waals surface area contributed by atoms with Crippen molar-refractivity contribution in [2.24, 2.45) is 0 Å². The molecule has 1 atom stereocenters. The molecule has 29 heavy (non-hydrogen) atoms. The number of hydrogen-bond acceptors (Lipinski definition) is 2. The molecular formula is C24H31O2PSi2. The van der Waals surface area contributed by atoms with E-state index in [-0.39, 0.29) is 0 Å². The molecule has 0 amide bonds. The molecule has 0 aliphatic carbocycles. The number of aromatic hydroxyl groups is 2. The van der Waals surface area contributed by atoms with Gasteiger partial charge in [-0.3, -0.25) is 0 Å². The summed E-state index contributed by atoms with van der Waals surface area (Å²) in [5, 5.41) is 25.5. The lowest BCUT2D eigenvalue weighted by Crippen LogP contribution is -2.38. The van der Waals surface area contributed by atoms with Gasteiger partial charge in [0, 0.05) is 16.7 Å². The Morgan fingerprint density at radius 2 is 1.00 bits per heavy atom. The molecule has 0 bridgehead atoms. The minimum absolute atomic E-state index is 0.364. The summed E-state index contributed by atoms with van der Waals surface area (Å²) in [7, 11) is -0.604. The molecule has 0 aliphatic rings. The molecule has 0 aliphatic heterocycles. The van der Waals surface area contributed by atoms with Crippen LogP contribution < -0.4 is 15.7 Å². The van der Waals surface area contributed by atoms with Crippen molar-refractivity contribution in [1.82, 2.24) is 0 Å². The summed E-state index contributed by atoms with van der Waals surface area (Å²) in [5.74, 6) is 0.730. The summed E-state index contributed by atoms with van der Waals surface area (Å²) in [5.41, 5.74) is 3.54. The van der Waals surface area contributed by atoms with Crippen LogP contribution in [0.25, 0.3) is 22.3 Å². The predicted octanol–water partition coefficient (Wildman–Crippen LogP) is 5.02. The van der Waals surface area contributed by atoms with Gasteiger partial charge in [-0.15, -0.1) is 9.24 Å². The lowest BCUT2D eigenvalue weighted by Gasteiger charge is -2.23. The number of benzene rings is 3. The fourth-order valence-electron chi connectivity index (χ4n) is 3.81. The van der Waals surface area contributed by atoms with E-state index < -0.39 is 16.1 Å². The molecule has 2 nitrogen and oxygen atoms in total. The molecule has 0 saturated carbocycles. The highest BCUT2D eigenvalue weighted by Gasteiger charge is 2.26. The van der Waals surface area contributed by atoms with Crippen LogP contribution in [0.5, 0.6) is 11.5 Å². The van der Waals surface area contributed by atoms with Crippen molar-refractivity contribution < 1.29 is 10.2 Å². The molecule has 0 spiro atoms. The predicted molar refractivity (Wildman–Crippen MR) is 136 cm³/mol. The van der Waals surface area contributed by atoms with Gasteiger partial charge in [0.2, 0.25) is 0 Å². The Hall–Kier alpha value is -1.88. The SMILES string of the molecule is C[Si](C)(C)c1cccc(-c2cccc(P)c2-c2cccc([Si](C)(C)C)c2O)c1O. The first-order chi connectivity index (χ1) is 13.4. The van der Waals surface area contributed by atoms with E-state index in [1.807, 2.05) is 54.6 Å². The fourth-order valence-corrected chi connectivity index (χ4v) is 7.12. The summed E-state index contributed by atoms with van der Waals surface area (Å²) >= 11 is 0. The fraction of sp³-hybridized carbons (Fsp3) is 0.250. The summed E-state index contributed by atoms with van der Waals surface area (Å²) in [6, 6.07) is 18.2. The van der Waals surface area contributed by atoms with Gasteiger partial charge in [-0.2, -0.15) is 0 Å². The number of rotatable bonds is 4. The molecule has 152 valence electrons. The highest BCUT2D eigenvalue weighted by atomic mass is 31.0. The second-order valence-corrected chi connectivity index (χ2v) is 20.4. The van der Waals surface area contributed by atoms with Gasteiger partial charge in [-0.1, -0.05) is 93.9 Å². The average molecular weight is 439 g/mol. The van der Waals surface area contributed by atoms with Crippen molar-refractivity contribution in [1.29, 1.82) is 0 Å². The van der Waals surface area contributed by atoms with Crippen molar-refractivity contribution in [2.75, 3.05) is 0 Å². The van der Waals surface area contributed by atoms with Gasteiger partial charge in [0.05, 0.1) is 16.1 Å². The molecule has 0 fully saturated rings. The molecule has 0 heterocycles. The first-order valence-corrected chi connectivity index (χ1v) is 17.5. The van der Waals surface area contributed by atoms with Crippen LogP contribution in [0.1, 0.15) is 0 Å². The maximum absolute atomic E-state index is 11.2. The van der Waals surface area contributed by atoms with Crippen LogP contribution in [0.15, 0.2) is 54.6 Å². The minimum atomic E-state index is -1.70. The Morgan fingerprint density at radius 3 is 1.52 bits per heavy atom. The first kappa shape index (κ1) is 21.8. The van der Waals surface area contributed by atoms with Crippen LogP contribution in [0.4, 0.5) is 0 Å². The van der Waals surface area contributed by atoms with Gasteiger partial charge in [0.15, 0.2) is 0 Å². The molecule has 2 N–H and O–H groups in total. The Labute approximate surface area is 178 Å². The zero-order valence-corrected chi connectivity index (χ0v) is 21.3. The molecule has 0 saturated heterocycles. The molecule has 3 aromatic carbocycles. The van der Waals surface area contributed by atoms with Crippen LogP contribution in [-0.2, 0) is 0 Å². The number of phenolic OH excluding ortho intramolecular Hbond substituents is 2. The van der Waals surface area contributed by atoms with Crippen molar-refractivity contribution >= 4 is 41.1 Å². The third-order valence-corrected chi connectivity index (χ3v) is 9.86. The minimum Gasteiger partial charge on any atom is -0.507 e. The second-order valence-electron chi connectivity index (χ2n) is 9.67. The molecule has 3 aromatic rings. The van der Waals surface area contributed by atoms with E-state index in [4.69, 9.17) is 0 Å². The smallest absolute Gasteiger partial charge is 0.122 e. The van der Waals surface area contributed by atoms with E-state index in [1.165, 1.54) is 0 Å². The average Bonchev–Trinajstić information content (AvgIpc) is 2.60. The zero-order valence-electron chi connectivity index (χ0n) is 18.2. The monoisotopic (exact) mass is 438 g/mol. The highest BCUT2D eigenvalue weighted by molar-refractivity contribution is 7.28. The van der Waals surface area contributed by atoms with E-state index in [2.05, 4.69) is 48.5 Å². The molecule has 0 radical (unpaired) electrons. The zero-order chi connectivity index (χ0) is 21.6. The lowest BCUT2D eigenvalue weighted by molar-refractivity contribution is 0.480. The quantitative estimate of drug-likeness (QED) is 0.443. The Kier molecular flexibility index (Phi) is 5.83. The van der Waals surface area contributed by atoms with Gasteiger partial charge < -0.3 is 10.2 Å². The number of phenols is 2. The number of para-hydroxylation sites is 2. The maximum atomic E-state index is 11.2. The molecule has 3 rings (SSSR count). The molecule has 1 unspecified atom stereocenters. The number of hydrogen-bond donors (Lipinski definition) is 2. The Balaban J connectivity index is 2.33. The third-order valence-electron chi connectivity index (χ3n) is 5.34. The highest BCUT2D eigenvalue weighted by Crippen LogP contribution is 2.39. The van der Waals surface area contributed by atoms with Gasteiger partial charge in [-0.25, -0.2) is 0 Å². The summed E-state index contributed by atoms with van der Waals surface area (Å²) in [4.78, 5) is 0. The van der Waals surface area contributed by atoms with Gasteiger partial charge in [0.25, 0.3) is 0 Å². The van der Waals surface area contributed by atoms with Crippen LogP contribution in [0, 0.1) is 0 Å². The summed E-state index contributed by atoms with van der Waals surface area (Å²) < 4.78 is 0. The summed E-state index contributed by atoms with van der Waals surface area (Å²) in [6.07, 6.45) is 0. The van der Waals surface area contributed by atoms with Crippen LogP contribution in [0.3, 0.4) is 0 Å². The lowest BCUT2D eigenvalue weighted by atomic mass is 9.93. The van der Waals surface area contributed by atoms with Gasteiger partial charge in [0.1, 0.15) is 11.5 Å². The van der Waals surface area contributed by atoms with E-state index in [0.717, 1.165) is 37.9 Å². The largest absolute Gasteiger partial charge is 0.507 e. The second kappa shape index (κ2) is 7.75. The Morgan fingerprint density at radius 1 is 0.586 bits per heavy atom. The van der Waals surface area contributed by atoms with Gasteiger partial charge in [-0.05, 0) is 21.2 Å². The van der Waals surface area contributed by atoms with Crippen molar-refractivity contribution in [2.45, 2.75) is 39.3 Å². The van der Waals surface area contributed by atoms with Gasteiger partial charge >= 0.3 is 0 Å². The van der Waals surface area contributed by atoms with Crippen LogP contribution in [0.2, 0.25) is 39.3 Å². The summed E-state index contributed by atoms with van der Waals surface area (Å²) in [6.45, 7) is 13.4. The van der Waals surface area contributed by atoms with E-state index >= 15 is 0 Å². The van der Waals surface area contributed by atoms with E-state index in [1.54, 1.807) is 0 Å². The Bertz CT molecular complexity index is 1060. The molecule has 5 heteroatoms.